The molecule has 0 bridgehead atoms. The minimum Gasteiger partial charge on any atom is -0.481 e. The van der Waals surface area contributed by atoms with Gasteiger partial charge in [-0.05, 0) is 41.8 Å². The molecule has 0 aliphatic heterocycles. The van der Waals surface area contributed by atoms with Crippen molar-refractivity contribution < 1.29 is 27.5 Å². The van der Waals surface area contributed by atoms with E-state index < -0.39 is 17.7 Å². The number of nitrogens with zero attached hydrogens (tertiary/aromatic N) is 1. The summed E-state index contributed by atoms with van der Waals surface area (Å²) in [6.07, 6.45) is -4.23. The highest BCUT2D eigenvalue weighted by atomic mass is 19.4. The Labute approximate surface area is 159 Å². The number of carboxylic acids is 1. The summed E-state index contributed by atoms with van der Waals surface area (Å²) in [6.45, 7) is 2.44. The number of oxazole rings is 1. The molecule has 28 heavy (non-hydrogen) atoms. The second-order valence-corrected chi connectivity index (χ2v) is 6.32. The number of aliphatic carboxylic acids is 1. The fourth-order valence-electron chi connectivity index (χ4n) is 3.06. The first-order valence-corrected chi connectivity index (χ1v) is 8.81. The minimum atomic E-state index is -4.44. The number of alkyl halides is 3. The van der Waals surface area contributed by atoms with Gasteiger partial charge < -0.3 is 14.8 Å². The van der Waals surface area contributed by atoms with E-state index in [1.807, 2.05) is 6.07 Å². The molecule has 2 aromatic carbocycles. The summed E-state index contributed by atoms with van der Waals surface area (Å²) >= 11 is 0. The highest BCUT2D eigenvalue weighted by Crippen LogP contribution is 2.37. The van der Waals surface area contributed by atoms with E-state index in [1.165, 1.54) is 6.07 Å². The van der Waals surface area contributed by atoms with Crippen molar-refractivity contribution >= 4 is 17.1 Å². The zero-order valence-electron chi connectivity index (χ0n) is 15.1. The highest BCUT2D eigenvalue weighted by molar-refractivity contribution is 5.77. The van der Waals surface area contributed by atoms with Gasteiger partial charge in [-0.1, -0.05) is 19.1 Å². The van der Waals surface area contributed by atoms with E-state index in [1.54, 1.807) is 25.1 Å². The number of hydrogen-bond acceptors (Lipinski definition) is 4. The molecule has 2 N–H and O–H groups in total. The van der Waals surface area contributed by atoms with Gasteiger partial charge >= 0.3 is 12.1 Å². The van der Waals surface area contributed by atoms with Crippen molar-refractivity contribution in [1.82, 2.24) is 10.3 Å². The van der Waals surface area contributed by atoms with E-state index in [2.05, 4.69) is 10.3 Å². The molecule has 148 valence electrons. The van der Waals surface area contributed by atoms with Gasteiger partial charge in [-0.3, -0.25) is 4.79 Å². The van der Waals surface area contributed by atoms with Gasteiger partial charge in [0, 0.05) is 18.7 Å². The topological polar surface area (TPSA) is 75.4 Å². The monoisotopic (exact) mass is 392 g/mol. The number of carbonyl (C=O) groups is 1. The summed E-state index contributed by atoms with van der Waals surface area (Å²) in [4.78, 5) is 14.9. The summed E-state index contributed by atoms with van der Waals surface area (Å²) in [5.74, 6) is -0.732. The Bertz CT molecular complexity index is 996. The van der Waals surface area contributed by atoms with Crippen LogP contribution in [0.5, 0.6) is 0 Å². The first kappa shape index (κ1) is 19.9. The molecule has 3 aromatic rings. The second-order valence-electron chi connectivity index (χ2n) is 6.32. The molecule has 0 unspecified atom stereocenters. The van der Waals surface area contributed by atoms with Crippen molar-refractivity contribution in [2.75, 3.05) is 6.54 Å². The number of carboxylic acid groups (broad SMARTS) is 1. The van der Waals surface area contributed by atoms with Gasteiger partial charge in [-0.15, -0.1) is 0 Å². The quantitative estimate of drug-likeness (QED) is 0.573. The number of aromatic nitrogens is 1. The van der Waals surface area contributed by atoms with Crippen LogP contribution in [0.1, 0.15) is 30.0 Å². The molecule has 8 heteroatoms. The lowest BCUT2D eigenvalue weighted by Gasteiger charge is -2.14. The second kappa shape index (κ2) is 8.02. The van der Waals surface area contributed by atoms with E-state index in [0.29, 0.717) is 29.8 Å². The van der Waals surface area contributed by atoms with E-state index >= 15 is 0 Å². The average molecular weight is 392 g/mol. The molecule has 0 aliphatic carbocycles. The van der Waals surface area contributed by atoms with Gasteiger partial charge in [0.1, 0.15) is 5.52 Å². The molecule has 1 aromatic heterocycles. The third-order valence-corrected chi connectivity index (χ3v) is 4.36. The van der Waals surface area contributed by atoms with Crippen LogP contribution in [0.15, 0.2) is 40.8 Å². The SMILES string of the molecule is CCc1c(-c2nc3ccc(CNCCC(=O)O)cc3o2)cccc1C(F)(F)F. The molecule has 0 saturated carbocycles. The molecule has 0 aliphatic rings. The summed E-state index contributed by atoms with van der Waals surface area (Å²) in [6, 6.07) is 9.28. The molecular formula is C20H19F3N2O3. The molecule has 0 spiro atoms. The summed E-state index contributed by atoms with van der Waals surface area (Å²) < 4.78 is 45.6. The number of benzene rings is 2. The number of halogens is 3. The lowest BCUT2D eigenvalue weighted by atomic mass is 9.98. The van der Waals surface area contributed by atoms with Crippen LogP contribution >= 0.6 is 0 Å². The van der Waals surface area contributed by atoms with E-state index in [4.69, 9.17) is 9.52 Å². The molecule has 1 heterocycles. The Morgan fingerprint density at radius 2 is 2.04 bits per heavy atom. The summed E-state index contributed by atoms with van der Waals surface area (Å²) in [5.41, 5.74) is 1.67. The minimum absolute atomic E-state index is 0.0179. The van der Waals surface area contributed by atoms with Crippen LogP contribution in [-0.4, -0.2) is 22.6 Å². The summed E-state index contributed by atoms with van der Waals surface area (Å²) in [7, 11) is 0. The number of hydrogen-bond donors (Lipinski definition) is 2. The predicted octanol–water partition coefficient (Wildman–Crippen LogP) is 4.64. The molecule has 0 amide bonds. The molecule has 0 fully saturated rings. The number of fused-ring (bicyclic) bond motifs is 1. The Morgan fingerprint density at radius 3 is 2.71 bits per heavy atom. The van der Waals surface area contributed by atoms with Crippen LogP contribution in [0.4, 0.5) is 13.2 Å². The summed E-state index contributed by atoms with van der Waals surface area (Å²) in [5, 5.41) is 11.7. The molecule has 3 rings (SSSR count). The van der Waals surface area contributed by atoms with Crippen LogP contribution in [-0.2, 0) is 23.9 Å². The van der Waals surface area contributed by atoms with E-state index in [-0.39, 0.29) is 24.3 Å². The van der Waals surface area contributed by atoms with Gasteiger partial charge in [0.2, 0.25) is 5.89 Å². The van der Waals surface area contributed by atoms with Crippen molar-refractivity contribution in [1.29, 1.82) is 0 Å². The van der Waals surface area contributed by atoms with Crippen molar-refractivity contribution in [3.63, 3.8) is 0 Å². The molecule has 0 radical (unpaired) electrons. The van der Waals surface area contributed by atoms with Gasteiger partial charge in [-0.2, -0.15) is 13.2 Å². The highest BCUT2D eigenvalue weighted by Gasteiger charge is 2.34. The van der Waals surface area contributed by atoms with Crippen molar-refractivity contribution in [3.8, 4) is 11.5 Å². The van der Waals surface area contributed by atoms with Gasteiger partial charge in [0.15, 0.2) is 5.58 Å². The maximum Gasteiger partial charge on any atom is 0.416 e. The number of rotatable bonds is 7. The van der Waals surface area contributed by atoms with Crippen LogP contribution < -0.4 is 5.32 Å². The van der Waals surface area contributed by atoms with E-state index in [0.717, 1.165) is 11.6 Å². The fraction of sp³-hybridized carbons (Fsp3) is 0.300. The Balaban J connectivity index is 1.90. The molecular weight excluding hydrogens is 373 g/mol. The zero-order chi connectivity index (χ0) is 20.3. The van der Waals surface area contributed by atoms with Crippen LogP contribution in [0.25, 0.3) is 22.6 Å². The van der Waals surface area contributed by atoms with E-state index in [9.17, 15) is 18.0 Å². The molecule has 5 nitrogen and oxygen atoms in total. The maximum absolute atomic E-state index is 13.3. The van der Waals surface area contributed by atoms with Crippen LogP contribution in [0, 0.1) is 0 Å². The molecule has 0 atom stereocenters. The van der Waals surface area contributed by atoms with Crippen molar-refractivity contribution in [3.05, 3.63) is 53.1 Å². The van der Waals surface area contributed by atoms with Crippen LogP contribution in [0.3, 0.4) is 0 Å². The van der Waals surface area contributed by atoms with Crippen molar-refractivity contribution in [2.45, 2.75) is 32.5 Å². The lowest BCUT2D eigenvalue weighted by Crippen LogP contribution is -2.17. The third kappa shape index (κ3) is 4.33. The number of nitrogens with one attached hydrogen (secondary N) is 1. The van der Waals surface area contributed by atoms with Gasteiger partial charge in [0.25, 0.3) is 0 Å². The van der Waals surface area contributed by atoms with Gasteiger partial charge in [0.05, 0.1) is 12.0 Å². The predicted molar refractivity (Wildman–Crippen MR) is 97.8 cm³/mol. The van der Waals surface area contributed by atoms with Crippen molar-refractivity contribution in [2.24, 2.45) is 0 Å². The Morgan fingerprint density at radius 1 is 1.25 bits per heavy atom. The average Bonchev–Trinajstić information content (AvgIpc) is 3.06. The Hall–Kier alpha value is -2.87. The first-order chi connectivity index (χ1) is 13.3. The lowest BCUT2D eigenvalue weighted by molar-refractivity contribution is -0.138. The van der Waals surface area contributed by atoms with Gasteiger partial charge in [-0.25, -0.2) is 4.98 Å². The largest absolute Gasteiger partial charge is 0.481 e. The van der Waals surface area contributed by atoms with Crippen LogP contribution in [0.2, 0.25) is 0 Å². The molecule has 0 saturated heterocycles. The maximum atomic E-state index is 13.3. The Kier molecular flexibility index (Phi) is 5.69. The fourth-order valence-corrected chi connectivity index (χ4v) is 3.06. The normalized spacial score (nSPS) is 11.9. The standard InChI is InChI=1S/C20H19F3N2O3/c1-2-13-14(4-3-5-15(13)20(21,22)23)19-25-16-7-6-12(10-17(16)28-19)11-24-9-8-18(26)27/h3-7,10,24H,2,8-9,11H2,1H3,(H,26,27). The zero-order valence-corrected chi connectivity index (χ0v) is 15.1. The third-order valence-electron chi connectivity index (χ3n) is 4.36. The first-order valence-electron chi connectivity index (χ1n) is 8.81. The smallest absolute Gasteiger partial charge is 0.416 e.